The predicted molar refractivity (Wildman–Crippen MR) is 64.2 cm³/mol. The van der Waals surface area contributed by atoms with Crippen molar-refractivity contribution < 1.29 is 0 Å². The molecule has 12 heavy (non-hydrogen) atoms. The van der Waals surface area contributed by atoms with E-state index in [1.54, 1.807) is 0 Å². The average molecular weight is 202 g/mol. The van der Waals surface area contributed by atoms with Gasteiger partial charge in [-0.25, -0.2) is 0 Å². The van der Waals surface area contributed by atoms with Crippen molar-refractivity contribution in [1.29, 1.82) is 0 Å². The molecular formula is C10H18S2. The van der Waals surface area contributed by atoms with Crippen LogP contribution in [0.4, 0.5) is 0 Å². The van der Waals surface area contributed by atoms with Gasteiger partial charge in [-0.3, -0.25) is 0 Å². The van der Waals surface area contributed by atoms with Gasteiger partial charge in [-0.05, 0) is 30.0 Å². The zero-order valence-corrected chi connectivity index (χ0v) is 9.86. The van der Waals surface area contributed by atoms with Crippen LogP contribution in [0.15, 0.2) is 0 Å². The second-order valence-corrected chi connectivity index (χ2v) is 4.56. The number of thiocarbonyl (C=S) groups is 2. The monoisotopic (exact) mass is 202 g/mol. The molecule has 0 unspecified atom stereocenters. The average Bonchev–Trinajstić information content (AvgIpc) is 1.96. The van der Waals surface area contributed by atoms with Gasteiger partial charge in [-0.2, -0.15) is 0 Å². The van der Waals surface area contributed by atoms with E-state index < -0.39 is 0 Å². The lowest BCUT2D eigenvalue weighted by molar-refractivity contribution is 0.648. The Morgan fingerprint density at radius 3 is 1.92 bits per heavy atom. The van der Waals surface area contributed by atoms with Gasteiger partial charge in [0, 0.05) is 5.92 Å². The maximum Gasteiger partial charge on any atom is 0.0211 e. The topological polar surface area (TPSA) is 0 Å². The fourth-order valence-corrected chi connectivity index (χ4v) is 1.96. The Hall–Kier alpha value is 0.180. The first-order chi connectivity index (χ1) is 5.59. The molecule has 0 saturated heterocycles. The van der Waals surface area contributed by atoms with E-state index in [4.69, 9.17) is 24.4 Å². The van der Waals surface area contributed by atoms with Crippen LogP contribution in [0.25, 0.3) is 0 Å². The highest BCUT2D eigenvalue weighted by molar-refractivity contribution is 7.82. The van der Waals surface area contributed by atoms with Crippen LogP contribution in [0, 0.1) is 5.92 Å². The van der Waals surface area contributed by atoms with Gasteiger partial charge in [0.05, 0.1) is 0 Å². The molecular weight excluding hydrogens is 184 g/mol. The maximum absolute atomic E-state index is 5.16. The highest BCUT2D eigenvalue weighted by Gasteiger charge is 2.11. The van der Waals surface area contributed by atoms with E-state index in [0.717, 1.165) is 16.1 Å². The summed E-state index contributed by atoms with van der Waals surface area (Å²) in [6.45, 7) is 6.22. The lowest BCUT2D eigenvalue weighted by Crippen LogP contribution is -2.16. The molecule has 0 aliphatic heterocycles. The van der Waals surface area contributed by atoms with Gasteiger partial charge in [-0.1, -0.05) is 50.6 Å². The second kappa shape index (κ2) is 6.67. The van der Waals surface area contributed by atoms with Crippen molar-refractivity contribution in [2.75, 3.05) is 0 Å². The molecule has 0 amide bonds. The molecule has 0 rings (SSSR count). The standard InChI is InChI=1S/C10H18S2/c1-4-5-6-7-10(8(2)11)9(3)12/h10H,4-7H2,1-3H3. The van der Waals surface area contributed by atoms with Crippen molar-refractivity contribution in [3.63, 3.8) is 0 Å². The fourth-order valence-electron chi connectivity index (χ4n) is 1.29. The van der Waals surface area contributed by atoms with Crippen LogP contribution < -0.4 is 0 Å². The molecule has 0 fully saturated rings. The molecule has 0 N–H and O–H groups in total. The summed E-state index contributed by atoms with van der Waals surface area (Å²) in [5.41, 5.74) is 0. The first kappa shape index (κ1) is 12.2. The molecule has 0 radical (unpaired) electrons. The van der Waals surface area contributed by atoms with Crippen LogP contribution in [-0.4, -0.2) is 9.73 Å². The van der Waals surface area contributed by atoms with Crippen LogP contribution in [0.5, 0.6) is 0 Å². The van der Waals surface area contributed by atoms with E-state index in [9.17, 15) is 0 Å². The van der Waals surface area contributed by atoms with Crippen molar-refractivity contribution >= 4 is 34.2 Å². The normalized spacial score (nSPS) is 10.3. The molecule has 0 spiro atoms. The molecule has 0 aliphatic rings. The number of unbranched alkanes of at least 4 members (excludes halogenated alkanes) is 2. The SMILES string of the molecule is CCCCCC(C(C)=S)C(C)=S. The Morgan fingerprint density at radius 1 is 1.08 bits per heavy atom. The van der Waals surface area contributed by atoms with Crippen LogP contribution in [0.1, 0.15) is 46.5 Å². The largest absolute Gasteiger partial charge is 0.0893 e. The number of hydrogen-bond donors (Lipinski definition) is 0. The molecule has 0 nitrogen and oxygen atoms in total. The number of rotatable bonds is 6. The third-order valence-electron chi connectivity index (χ3n) is 2.08. The zero-order chi connectivity index (χ0) is 9.56. The van der Waals surface area contributed by atoms with Gasteiger partial charge < -0.3 is 0 Å². The third-order valence-corrected chi connectivity index (χ3v) is 2.65. The van der Waals surface area contributed by atoms with Crippen molar-refractivity contribution in [3.8, 4) is 0 Å². The molecule has 0 atom stereocenters. The Balaban J connectivity index is 3.80. The lowest BCUT2D eigenvalue weighted by Gasteiger charge is -2.13. The minimum Gasteiger partial charge on any atom is -0.0893 e. The first-order valence-electron chi connectivity index (χ1n) is 4.60. The molecule has 0 heterocycles. The van der Waals surface area contributed by atoms with Crippen molar-refractivity contribution in [2.24, 2.45) is 5.92 Å². The minimum atomic E-state index is 0.404. The van der Waals surface area contributed by atoms with Gasteiger partial charge in [0.2, 0.25) is 0 Å². The van der Waals surface area contributed by atoms with Crippen LogP contribution in [0.3, 0.4) is 0 Å². The molecule has 0 saturated carbocycles. The summed E-state index contributed by atoms with van der Waals surface area (Å²) in [5.74, 6) is 0.404. The van der Waals surface area contributed by atoms with Crippen molar-refractivity contribution in [2.45, 2.75) is 46.5 Å². The summed E-state index contributed by atoms with van der Waals surface area (Å²) < 4.78 is 0. The predicted octanol–water partition coefficient (Wildman–Crippen LogP) is 3.96. The van der Waals surface area contributed by atoms with Crippen molar-refractivity contribution in [3.05, 3.63) is 0 Å². The van der Waals surface area contributed by atoms with Crippen molar-refractivity contribution in [1.82, 2.24) is 0 Å². The molecule has 0 aromatic carbocycles. The molecule has 0 bridgehead atoms. The maximum atomic E-state index is 5.16. The van der Waals surface area contributed by atoms with E-state index in [2.05, 4.69) is 6.92 Å². The van der Waals surface area contributed by atoms with Gasteiger partial charge in [0.25, 0.3) is 0 Å². The molecule has 0 aromatic rings. The lowest BCUT2D eigenvalue weighted by atomic mass is 9.96. The third kappa shape index (κ3) is 4.94. The van der Waals surface area contributed by atoms with Gasteiger partial charge in [0.1, 0.15) is 0 Å². The minimum absolute atomic E-state index is 0.404. The van der Waals surface area contributed by atoms with Gasteiger partial charge in [-0.15, -0.1) is 0 Å². The Kier molecular flexibility index (Phi) is 6.77. The molecule has 0 aromatic heterocycles. The molecule has 70 valence electrons. The quantitative estimate of drug-likeness (QED) is 0.472. The highest BCUT2D eigenvalue weighted by Crippen LogP contribution is 2.14. The summed E-state index contributed by atoms with van der Waals surface area (Å²) in [7, 11) is 0. The zero-order valence-electron chi connectivity index (χ0n) is 8.22. The number of hydrogen-bond acceptors (Lipinski definition) is 2. The van der Waals surface area contributed by atoms with Gasteiger partial charge in [0.15, 0.2) is 0 Å². The van der Waals surface area contributed by atoms with Crippen LogP contribution in [0.2, 0.25) is 0 Å². The molecule has 2 heteroatoms. The van der Waals surface area contributed by atoms with E-state index in [1.807, 2.05) is 13.8 Å². The Morgan fingerprint density at radius 2 is 1.58 bits per heavy atom. The van der Waals surface area contributed by atoms with E-state index >= 15 is 0 Å². The van der Waals surface area contributed by atoms with E-state index in [1.165, 1.54) is 19.3 Å². The Bertz CT molecular complexity index is 147. The highest BCUT2D eigenvalue weighted by atomic mass is 32.1. The molecule has 0 aliphatic carbocycles. The fraction of sp³-hybridized carbons (Fsp3) is 0.800. The summed E-state index contributed by atoms with van der Waals surface area (Å²) >= 11 is 10.3. The Labute approximate surface area is 86.7 Å². The summed E-state index contributed by atoms with van der Waals surface area (Å²) in [6.07, 6.45) is 4.96. The summed E-state index contributed by atoms with van der Waals surface area (Å²) in [4.78, 5) is 2.11. The van der Waals surface area contributed by atoms with E-state index in [-0.39, 0.29) is 0 Å². The van der Waals surface area contributed by atoms with Gasteiger partial charge >= 0.3 is 0 Å². The summed E-state index contributed by atoms with van der Waals surface area (Å²) in [6, 6.07) is 0. The van der Waals surface area contributed by atoms with Crippen LogP contribution >= 0.6 is 24.4 Å². The smallest absolute Gasteiger partial charge is 0.0211 e. The first-order valence-corrected chi connectivity index (χ1v) is 5.42. The summed E-state index contributed by atoms with van der Waals surface area (Å²) in [5, 5.41) is 0. The second-order valence-electron chi connectivity index (χ2n) is 3.27. The van der Waals surface area contributed by atoms with E-state index in [0.29, 0.717) is 5.92 Å². The van der Waals surface area contributed by atoms with Crippen LogP contribution in [-0.2, 0) is 0 Å².